The molecule has 0 unspecified atom stereocenters. The molecule has 0 bridgehead atoms. The maximum atomic E-state index is 13.0. The van der Waals surface area contributed by atoms with E-state index in [4.69, 9.17) is 0 Å². The largest absolute Gasteiger partial charge is 0.336 e. The Labute approximate surface area is 167 Å². The highest BCUT2D eigenvalue weighted by Gasteiger charge is 2.23. The second kappa shape index (κ2) is 9.77. The van der Waals surface area contributed by atoms with Crippen LogP contribution in [0.3, 0.4) is 0 Å². The van der Waals surface area contributed by atoms with Crippen molar-refractivity contribution in [3.8, 4) is 0 Å². The van der Waals surface area contributed by atoms with Crippen molar-refractivity contribution in [2.45, 2.75) is 24.0 Å². The number of carbonyl (C=O) groups is 1. The molecular weight excluding hydrogens is 352 g/mol. The van der Waals surface area contributed by atoms with Gasteiger partial charge in [-0.1, -0.05) is 68.5 Å². The summed E-state index contributed by atoms with van der Waals surface area (Å²) in [5, 5.41) is 0.465. The van der Waals surface area contributed by atoms with Gasteiger partial charge in [0.05, 0.1) is 5.56 Å². The lowest BCUT2D eigenvalue weighted by Gasteiger charge is -2.34. The van der Waals surface area contributed by atoms with Gasteiger partial charge < -0.3 is 4.90 Å². The summed E-state index contributed by atoms with van der Waals surface area (Å²) in [5.41, 5.74) is 2.07. The first-order chi connectivity index (χ1) is 13.1. The summed E-state index contributed by atoms with van der Waals surface area (Å²) in [6.45, 7) is 8.67. The van der Waals surface area contributed by atoms with Gasteiger partial charge >= 0.3 is 0 Å². The number of nitrogens with zero attached hydrogens (tertiary/aromatic N) is 2. The monoisotopic (exact) mass is 380 g/mol. The molecular formula is C23H28N2OS. The maximum absolute atomic E-state index is 13.0. The lowest BCUT2D eigenvalue weighted by atomic mass is 10.1. The maximum Gasteiger partial charge on any atom is 0.255 e. The number of carbonyl (C=O) groups excluding carboxylic acids is 1. The van der Waals surface area contributed by atoms with Gasteiger partial charge in [0.25, 0.3) is 5.91 Å². The van der Waals surface area contributed by atoms with E-state index in [9.17, 15) is 4.79 Å². The van der Waals surface area contributed by atoms with Crippen LogP contribution in [-0.2, 0) is 0 Å². The van der Waals surface area contributed by atoms with Crippen LogP contribution in [0.2, 0.25) is 0 Å². The first-order valence-corrected chi connectivity index (χ1v) is 10.5. The van der Waals surface area contributed by atoms with E-state index in [1.165, 1.54) is 5.56 Å². The van der Waals surface area contributed by atoms with Gasteiger partial charge in [-0.2, -0.15) is 0 Å². The third kappa shape index (κ3) is 5.72. The van der Waals surface area contributed by atoms with Crippen LogP contribution in [-0.4, -0.2) is 53.7 Å². The fraction of sp³-hybridized carbons (Fsp3) is 0.348. The average molecular weight is 381 g/mol. The van der Waals surface area contributed by atoms with E-state index >= 15 is 0 Å². The Hall–Kier alpha value is -2.04. The predicted octanol–water partition coefficient (Wildman–Crippen LogP) is 4.66. The molecule has 1 heterocycles. The summed E-state index contributed by atoms with van der Waals surface area (Å²) >= 11 is 1.76. The zero-order chi connectivity index (χ0) is 19.1. The summed E-state index contributed by atoms with van der Waals surface area (Å²) in [7, 11) is 0. The molecule has 2 aromatic rings. The van der Waals surface area contributed by atoms with Crippen LogP contribution < -0.4 is 0 Å². The molecule has 142 valence electrons. The number of hydrogen-bond donors (Lipinski definition) is 0. The number of thioether (sulfide) groups is 1. The Morgan fingerprint density at radius 2 is 1.67 bits per heavy atom. The number of amides is 1. The number of hydrogen-bond acceptors (Lipinski definition) is 3. The fourth-order valence-corrected chi connectivity index (χ4v) is 4.15. The van der Waals surface area contributed by atoms with Crippen LogP contribution >= 0.6 is 11.8 Å². The minimum atomic E-state index is 0.165. The lowest BCUT2D eigenvalue weighted by Crippen LogP contribution is -2.48. The molecule has 3 rings (SSSR count). The van der Waals surface area contributed by atoms with Gasteiger partial charge in [-0.15, -0.1) is 11.8 Å². The van der Waals surface area contributed by atoms with Gasteiger partial charge in [0.2, 0.25) is 0 Å². The minimum absolute atomic E-state index is 0.165. The Morgan fingerprint density at radius 3 is 2.37 bits per heavy atom. The molecule has 0 N–H and O–H groups in total. The van der Waals surface area contributed by atoms with Crippen LogP contribution in [0.1, 0.15) is 29.8 Å². The summed E-state index contributed by atoms with van der Waals surface area (Å²) < 4.78 is 0. The zero-order valence-corrected chi connectivity index (χ0v) is 17.0. The molecule has 0 radical (unpaired) electrons. The van der Waals surface area contributed by atoms with Gasteiger partial charge in [0, 0.05) is 42.9 Å². The molecule has 1 amide bonds. The highest BCUT2D eigenvalue weighted by Crippen LogP contribution is 2.27. The van der Waals surface area contributed by atoms with E-state index in [2.05, 4.69) is 61.2 Å². The summed E-state index contributed by atoms with van der Waals surface area (Å²) in [6, 6.07) is 18.4. The van der Waals surface area contributed by atoms with Crippen LogP contribution in [0, 0.1) is 0 Å². The average Bonchev–Trinajstić information content (AvgIpc) is 2.69. The van der Waals surface area contributed by atoms with Crippen LogP contribution in [0.25, 0.3) is 6.08 Å². The second-order valence-corrected chi connectivity index (χ2v) is 8.69. The van der Waals surface area contributed by atoms with Crippen molar-refractivity contribution in [3.05, 3.63) is 71.8 Å². The summed E-state index contributed by atoms with van der Waals surface area (Å²) in [5.74, 6) is 0.165. The normalized spacial score (nSPS) is 15.6. The Kier molecular flexibility index (Phi) is 7.13. The SMILES string of the molecule is CC(C)Sc1ccccc1C(=O)N1CCN(C/C=C/c2ccccc2)CC1. The summed E-state index contributed by atoms with van der Waals surface area (Å²) in [4.78, 5) is 18.5. The van der Waals surface area contributed by atoms with Crippen molar-refractivity contribution >= 4 is 23.7 Å². The minimum Gasteiger partial charge on any atom is -0.336 e. The molecule has 4 heteroatoms. The van der Waals surface area contributed by atoms with Crippen molar-refractivity contribution in [2.24, 2.45) is 0 Å². The standard InChI is InChI=1S/C23H28N2OS/c1-19(2)27-22-13-7-6-12-21(22)23(26)25-17-15-24(16-18-25)14-8-11-20-9-4-3-5-10-20/h3-13,19H,14-18H2,1-2H3/b11-8+. The van der Waals surface area contributed by atoms with Gasteiger partial charge in [-0.25, -0.2) is 0 Å². The molecule has 0 saturated carbocycles. The van der Waals surface area contributed by atoms with Gasteiger partial charge in [0.1, 0.15) is 0 Å². The quantitative estimate of drug-likeness (QED) is 0.681. The smallest absolute Gasteiger partial charge is 0.255 e. The molecule has 3 nitrogen and oxygen atoms in total. The number of benzene rings is 2. The molecule has 1 fully saturated rings. The third-order valence-electron chi connectivity index (χ3n) is 4.61. The molecule has 0 spiro atoms. The van der Waals surface area contributed by atoms with Crippen molar-refractivity contribution in [1.82, 2.24) is 9.80 Å². The van der Waals surface area contributed by atoms with Crippen molar-refractivity contribution in [2.75, 3.05) is 32.7 Å². The van der Waals surface area contributed by atoms with Gasteiger partial charge in [-0.3, -0.25) is 9.69 Å². The Bertz CT molecular complexity index is 765. The lowest BCUT2D eigenvalue weighted by molar-refractivity contribution is 0.0647. The second-order valence-electron chi connectivity index (χ2n) is 7.07. The third-order valence-corrected chi connectivity index (χ3v) is 5.69. The highest BCUT2D eigenvalue weighted by molar-refractivity contribution is 8.00. The molecule has 1 aliphatic heterocycles. The topological polar surface area (TPSA) is 23.6 Å². The first kappa shape index (κ1) is 19.7. The molecule has 2 aromatic carbocycles. The molecule has 27 heavy (non-hydrogen) atoms. The van der Waals surface area contributed by atoms with E-state index in [1.54, 1.807) is 11.8 Å². The van der Waals surface area contributed by atoms with Crippen molar-refractivity contribution in [1.29, 1.82) is 0 Å². The first-order valence-electron chi connectivity index (χ1n) is 9.62. The van der Waals surface area contributed by atoms with E-state index in [0.29, 0.717) is 5.25 Å². The van der Waals surface area contributed by atoms with E-state index in [0.717, 1.165) is 43.2 Å². The van der Waals surface area contributed by atoms with Crippen LogP contribution in [0.15, 0.2) is 65.6 Å². The molecule has 1 saturated heterocycles. The molecule has 0 atom stereocenters. The fourth-order valence-electron chi connectivity index (χ4n) is 3.21. The van der Waals surface area contributed by atoms with E-state index in [-0.39, 0.29) is 5.91 Å². The van der Waals surface area contributed by atoms with E-state index < -0.39 is 0 Å². The molecule has 0 aromatic heterocycles. The zero-order valence-electron chi connectivity index (χ0n) is 16.2. The van der Waals surface area contributed by atoms with Gasteiger partial charge in [0.15, 0.2) is 0 Å². The summed E-state index contributed by atoms with van der Waals surface area (Å²) in [6.07, 6.45) is 4.37. The van der Waals surface area contributed by atoms with Gasteiger partial charge in [-0.05, 0) is 17.7 Å². The predicted molar refractivity (Wildman–Crippen MR) is 115 cm³/mol. The molecule has 1 aliphatic rings. The van der Waals surface area contributed by atoms with Crippen LogP contribution in [0.4, 0.5) is 0 Å². The molecule has 0 aliphatic carbocycles. The van der Waals surface area contributed by atoms with Crippen molar-refractivity contribution in [3.63, 3.8) is 0 Å². The number of rotatable bonds is 6. The Morgan fingerprint density at radius 1 is 1.00 bits per heavy atom. The van der Waals surface area contributed by atoms with E-state index in [1.807, 2.05) is 29.2 Å². The Balaban J connectivity index is 1.53. The van der Waals surface area contributed by atoms with Crippen LogP contribution in [0.5, 0.6) is 0 Å². The number of piperazine rings is 1. The van der Waals surface area contributed by atoms with Crippen molar-refractivity contribution < 1.29 is 4.79 Å². The highest BCUT2D eigenvalue weighted by atomic mass is 32.2.